The molecule has 0 unspecified atom stereocenters. The Morgan fingerprint density at radius 2 is 2.07 bits per heavy atom. The van der Waals surface area contributed by atoms with Crippen LogP contribution in [-0.2, 0) is 10.0 Å². The van der Waals surface area contributed by atoms with Gasteiger partial charge in [-0.2, -0.15) is 0 Å². The number of rotatable bonds is 2. The fourth-order valence-electron chi connectivity index (χ4n) is 0.849. The van der Waals surface area contributed by atoms with Gasteiger partial charge < -0.3 is 0 Å². The molecule has 0 radical (unpaired) electrons. The monoisotopic (exact) mass is 320 g/mol. The second kappa shape index (κ2) is 4.28. The quantitative estimate of drug-likeness (QED) is 0.848. The lowest BCUT2D eigenvalue weighted by Gasteiger charge is -2.07. The predicted octanol–water partition coefficient (Wildman–Crippen LogP) is 2.08. The van der Waals surface area contributed by atoms with Crippen LogP contribution < -0.4 is 5.14 Å². The standard InChI is InChI=1S/C6H4BrClF2N2O2S/c7-3-1-2(5(9)10)6(12-4(3)8)15(11,13)14/h1,5H,(H2,11,13,14). The van der Waals surface area contributed by atoms with E-state index in [1.54, 1.807) is 0 Å². The maximum Gasteiger partial charge on any atom is 0.266 e. The molecule has 0 bridgehead atoms. The lowest BCUT2D eigenvalue weighted by atomic mass is 10.3. The fourth-order valence-corrected chi connectivity index (χ4v) is 2.07. The first kappa shape index (κ1) is 12.8. The van der Waals surface area contributed by atoms with Crippen molar-refractivity contribution in [2.24, 2.45) is 5.14 Å². The van der Waals surface area contributed by atoms with E-state index in [1.165, 1.54) is 0 Å². The highest BCUT2D eigenvalue weighted by Crippen LogP contribution is 2.30. The number of nitrogens with two attached hydrogens (primary N) is 1. The first-order valence-corrected chi connectivity index (χ1v) is 6.12. The SMILES string of the molecule is NS(=O)(=O)c1nc(Cl)c(Br)cc1C(F)F. The third-order valence-electron chi connectivity index (χ3n) is 1.43. The first-order chi connectivity index (χ1) is 6.73. The van der Waals surface area contributed by atoms with Crippen molar-refractivity contribution < 1.29 is 17.2 Å². The molecule has 0 atom stereocenters. The molecule has 0 aromatic carbocycles. The Bertz CT molecular complexity index is 494. The predicted molar refractivity (Wildman–Crippen MR) is 53.3 cm³/mol. The third kappa shape index (κ3) is 2.83. The number of nitrogens with zero attached hydrogens (tertiary/aromatic N) is 1. The molecule has 9 heteroatoms. The molecule has 0 amide bonds. The van der Waals surface area contributed by atoms with E-state index in [9.17, 15) is 17.2 Å². The number of halogens is 4. The van der Waals surface area contributed by atoms with E-state index in [0.717, 1.165) is 6.07 Å². The molecular weight excluding hydrogens is 317 g/mol. The normalized spacial score (nSPS) is 12.1. The van der Waals surface area contributed by atoms with Crippen LogP contribution in [0.5, 0.6) is 0 Å². The lowest BCUT2D eigenvalue weighted by Crippen LogP contribution is -2.17. The Kier molecular flexibility index (Phi) is 3.64. The largest absolute Gasteiger partial charge is 0.266 e. The molecule has 0 aliphatic rings. The summed E-state index contributed by atoms with van der Waals surface area (Å²) in [7, 11) is -4.31. The van der Waals surface area contributed by atoms with E-state index in [1.807, 2.05) is 0 Å². The highest BCUT2D eigenvalue weighted by molar-refractivity contribution is 9.10. The van der Waals surface area contributed by atoms with Crippen LogP contribution in [0.1, 0.15) is 12.0 Å². The summed E-state index contributed by atoms with van der Waals surface area (Å²) in [4.78, 5) is 3.29. The Labute approximate surface area is 97.6 Å². The van der Waals surface area contributed by atoms with Gasteiger partial charge in [0.05, 0.1) is 10.0 Å². The number of pyridine rings is 1. The van der Waals surface area contributed by atoms with Crippen molar-refractivity contribution in [3.63, 3.8) is 0 Å². The summed E-state index contributed by atoms with van der Waals surface area (Å²) in [6, 6.07) is 0.875. The molecule has 4 nitrogen and oxygen atoms in total. The molecule has 0 aliphatic carbocycles. The zero-order valence-electron chi connectivity index (χ0n) is 6.92. The summed E-state index contributed by atoms with van der Waals surface area (Å²) >= 11 is 8.33. The van der Waals surface area contributed by atoms with E-state index >= 15 is 0 Å². The Hall–Kier alpha value is -0.310. The van der Waals surface area contributed by atoms with E-state index in [0.29, 0.717) is 0 Å². The molecule has 84 valence electrons. The Morgan fingerprint density at radius 3 is 2.47 bits per heavy atom. The second-order valence-corrected chi connectivity index (χ2v) is 5.19. The minimum atomic E-state index is -4.31. The van der Waals surface area contributed by atoms with Gasteiger partial charge >= 0.3 is 0 Å². The minimum Gasteiger partial charge on any atom is -0.223 e. The lowest BCUT2D eigenvalue weighted by molar-refractivity contribution is 0.147. The Balaban J connectivity index is 3.56. The van der Waals surface area contributed by atoms with Crippen LogP contribution in [0.3, 0.4) is 0 Å². The summed E-state index contributed by atoms with van der Waals surface area (Å²) in [5.74, 6) is 0. The molecular formula is C6H4BrClF2N2O2S. The van der Waals surface area contributed by atoms with Gasteiger partial charge in [-0.15, -0.1) is 0 Å². The molecule has 1 aromatic heterocycles. The fraction of sp³-hybridized carbons (Fsp3) is 0.167. The number of hydrogen-bond acceptors (Lipinski definition) is 3. The molecule has 0 fully saturated rings. The number of sulfonamides is 1. The van der Waals surface area contributed by atoms with Crippen molar-refractivity contribution in [3.8, 4) is 0 Å². The Morgan fingerprint density at radius 1 is 1.53 bits per heavy atom. The summed E-state index contributed by atoms with van der Waals surface area (Å²) in [5.41, 5.74) is -0.784. The second-order valence-electron chi connectivity index (χ2n) is 2.50. The van der Waals surface area contributed by atoms with Crippen LogP contribution in [0.4, 0.5) is 8.78 Å². The average Bonchev–Trinajstić information content (AvgIpc) is 2.06. The van der Waals surface area contributed by atoms with Gasteiger partial charge in [0.15, 0.2) is 5.03 Å². The molecule has 2 N–H and O–H groups in total. The average molecular weight is 322 g/mol. The molecule has 1 heterocycles. The third-order valence-corrected chi connectivity index (χ3v) is 3.42. The number of hydrogen-bond donors (Lipinski definition) is 1. The molecule has 1 rings (SSSR count). The van der Waals surface area contributed by atoms with E-state index in [-0.39, 0.29) is 9.63 Å². The maximum absolute atomic E-state index is 12.4. The summed E-state index contributed by atoms with van der Waals surface area (Å²) in [6.07, 6.45) is -3.00. The van der Waals surface area contributed by atoms with Gasteiger partial charge in [0, 0.05) is 0 Å². The first-order valence-electron chi connectivity index (χ1n) is 3.40. The zero-order chi connectivity index (χ0) is 11.8. The highest BCUT2D eigenvalue weighted by atomic mass is 79.9. The molecule has 0 spiro atoms. The van der Waals surface area contributed by atoms with Crippen LogP contribution in [0.15, 0.2) is 15.6 Å². The van der Waals surface area contributed by atoms with E-state index in [4.69, 9.17) is 16.7 Å². The molecule has 1 aromatic rings. The van der Waals surface area contributed by atoms with Crippen molar-refractivity contribution in [3.05, 3.63) is 21.3 Å². The van der Waals surface area contributed by atoms with Crippen LogP contribution in [0.2, 0.25) is 5.15 Å². The number of alkyl halides is 2. The molecule has 0 saturated heterocycles. The molecule has 15 heavy (non-hydrogen) atoms. The number of aromatic nitrogens is 1. The molecule has 0 aliphatic heterocycles. The van der Waals surface area contributed by atoms with E-state index in [2.05, 4.69) is 20.9 Å². The smallest absolute Gasteiger partial charge is 0.223 e. The van der Waals surface area contributed by atoms with Gasteiger partial charge in [0.2, 0.25) is 0 Å². The molecule has 0 saturated carbocycles. The van der Waals surface area contributed by atoms with Gasteiger partial charge in [-0.05, 0) is 22.0 Å². The van der Waals surface area contributed by atoms with Crippen molar-refractivity contribution in [1.29, 1.82) is 0 Å². The van der Waals surface area contributed by atoms with Gasteiger partial charge in [-0.3, -0.25) is 0 Å². The zero-order valence-corrected chi connectivity index (χ0v) is 10.1. The minimum absolute atomic E-state index is 0.0758. The van der Waals surface area contributed by atoms with Crippen LogP contribution >= 0.6 is 27.5 Å². The summed E-state index contributed by atoms with van der Waals surface area (Å²) < 4.78 is 46.8. The van der Waals surface area contributed by atoms with Crippen LogP contribution in [0, 0.1) is 0 Å². The topological polar surface area (TPSA) is 73.1 Å². The number of primary sulfonamides is 1. The summed E-state index contributed by atoms with van der Waals surface area (Å²) in [6.45, 7) is 0. The van der Waals surface area contributed by atoms with Gasteiger partial charge in [0.1, 0.15) is 5.15 Å². The summed E-state index contributed by atoms with van der Waals surface area (Å²) in [5, 5.41) is 3.56. The van der Waals surface area contributed by atoms with Crippen molar-refractivity contribution in [2.75, 3.05) is 0 Å². The van der Waals surface area contributed by atoms with Gasteiger partial charge in [-0.25, -0.2) is 27.3 Å². The maximum atomic E-state index is 12.4. The van der Waals surface area contributed by atoms with E-state index < -0.39 is 27.0 Å². The van der Waals surface area contributed by atoms with Gasteiger partial charge in [0.25, 0.3) is 16.4 Å². The van der Waals surface area contributed by atoms with Crippen LogP contribution in [-0.4, -0.2) is 13.4 Å². The highest BCUT2D eigenvalue weighted by Gasteiger charge is 2.24. The van der Waals surface area contributed by atoms with Crippen LogP contribution in [0.25, 0.3) is 0 Å². The van der Waals surface area contributed by atoms with Crippen molar-refractivity contribution in [1.82, 2.24) is 4.98 Å². The van der Waals surface area contributed by atoms with Crippen molar-refractivity contribution in [2.45, 2.75) is 11.5 Å². The van der Waals surface area contributed by atoms with Crippen molar-refractivity contribution >= 4 is 37.6 Å². The van der Waals surface area contributed by atoms with Gasteiger partial charge in [-0.1, -0.05) is 11.6 Å².